The highest BCUT2D eigenvalue weighted by Gasteiger charge is 2.47. The highest BCUT2D eigenvalue weighted by Crippen LogP contribution is 2.37. The topological polar surface area (TPSA) is 0 Å². The Bertz CT molecular complexity index is 841. The smallest absolute Gasteiger partial charge is 0.0788 e. The molecule has 0 saturated carbocycles. The quantitative estimate of drug-likeness (QED) is 0.481. The van der Waals surface area contributed by atoms with Crippen LogP contribution in [0.2, 0.25) is 5.54 Å². The predicted octanol–water partition coefficient (Wildman–Crippen LogP) is 4.43. The van der Waals surface area contributed by atoms with Gasteiger partial charge in [0.2, 0.25) is 0 Å². The Morgan fingerprint density at radius 2 is 0.962 bits per heavy atom. The monoisotopic (exact) mass is 352 g/mol. The van der Waals surface area contributed by atoms with Gasteiger partial charge in [-0.25, -0.2) is 0 Å². The van der Waals surface area contributed by atoms with Gasteiger partial charge in [-0.05, 0) is 29.4 Å². The fourth-order valence-electron chi connectivity index (χ4n) is 4.37. The molecular weight excluding hydrogens is 328 g/mol. The fourth-order valence-corrected chi connectivity index (χ4v) is 9.87. The van der Waals surface area contributed by atoms with E-state index in [1.807, 2.05) is 0 Å². The Morgan fingerprint density at radius 3 is 1.27 bits per heavy atom. The molecule has 0 amide bonds. The lowest BCUT2D eigenvalue weighted by atomic mass is 10.2. The van der Waals surface area contributed by atoms with Crippen LogP contribution in [0.4, 0.5) is 0 Å². The van der Waals surface area contributed by atoms with Crippen molar-refractivity contribution in [2.45, 2.75) is 19.4 Å². The average molecular weight is 353 g/mol. The van der Waals surface area contributed by atoms with Gasteiger partial charge in [0.15, 0.2) is 8.07 Å². The van der Waals surface area contributed by atoms with Crippen molar-refractivity contribution < 1.29 is 0 Å². The maximum atomic E-state index is 2.45. The predicted molar refractivity (Wildman–Crippen MR) is 115 cm³/mol. The van der Waals surface area contributed by atoms with E-state index in [0.717, 1.165) is 0 Å². The van der Waals surface area contributed by atoms with Crippen molar-refractivity contribution in [1.29, 1.82) is 0 Å². The van der Waals surface area contributed by atoms with Crippen LogP contribution >= 0.6 is 0 Å². The first-order valence-electron chi connectivity index (χ1n) is 9.26. The van der Waals surface area contributed by atoms with Gasteiger partial charge in [0, 0.05) is 5.54 Å². The zero-order valence-corrected chi connectivity index (χ0v) is 16.4. The maximum Gasteiger partial charge on any atom is 0.158 e. The van der Waals surface area contributed by atoms with Gasteiger partial charge in [-0.2, -0.15) is 0 Å². The molecule has 3 aromatic rings. The molecule has 3 aromatic carbocycles. The molecule has 4 rings (SSSR count). The highest BCUT2D eigenvalue weighted by molar-refractivity contribution is 7.13. The minimum Gasteiger partial charge on any atom is -0.0788 e. The van der Waals surface area contributed by atoms with Crippen molar-refractivity contribution in [2.24, 2.45) is 0 Å². The van der Waals surface area contributed by atoms with Crippen LogP contribution in [0, 0.1) is 0 Å². The van der Waals surface area contributed by atoms with Crippen LogP contribution in [0.1, 0.15) is 13.8 Å². The summed E-state index contributed by atoms with van der Waals surface area (Å²) in [7, 11) is -2.24. The van der Waals surface area contributed by atoms with Gasteiger partial charge in [-0.1, -0.05) is 114 Å². The molecule has 26 heavy (non-hydrogen) atoms. The minimum absolute atomic E-state index is 0.440. The zero-order chi connectivity index (χ0) is 18.0. The lowest BCUT2D eigenvalue weighted by Crippen LogP contribution is -2.69. The van der Waals surface area contributed by atoms with Crippen LogP contribution in [0.5, 0.6) is 0 Å². The molecular formula is C25H24Si. The first-order chi connectivity index (χ1) is 12.7. The molecule has 1 aliphatic rings. The largest absolute Gasteiger partial charge is 0.158 e. The third-order valence-corrected chi connectivity index (χ3v) is 11.1. The number of hydrogen-bond acceptors (Lipinski definition) is 0. The molecule has 0 nitrogen and oxygen atoms in total. The summed E-state index contributed by atoms with van der Waals surface area (Å²) >= 11 is 0. The van der Waals surface area contributed by atoms with Gasteiger partial charge in [-0.3, -0.25) is 0 Å². The molecule has 0 aliphatic heterocycles. The number of allylic oxidation sites excluding steroid dienone is 4. The van der Waals surface area contributed by atoms with Crippen LogP contribution in [0.25, 0.3) is 0 Å². The van der Waals surface area contributed by atoms with E-state index < -0.39 is 8.07 Å². The molecule has 0 radical (unpaired) electrons. The van der Waals surface area contributed by atoms with Crippen molar-refractivity contribution in [1.82, 2.24) is 0 Å². The van der Waals surface area contributed by atoms with E-state index in [2.05, 4.69) is 117 Å². The van der Waals surface area contributed by atoms with Crippen LogP contribution in [0.3, 0.4) is 0 Å². The number of benzene rings is 3. The molecule has 128 valence electrons. The lowest BCUT2D eigenvalue weighted by molar-refractivity contribution is 1.17. The summed E-state index contributed by atoms with van der Waals surface area (Å²) in [4.78, 5) is 0. The minimum atomic E-state index is -2.24. The SMILES string of the molecule is CC1=C(C)C([Si](c2ccccc2)(c2ccccc2)c2ccccc2)C=C1. The summed E-state index contributed by atoms with van der Waals surface area (Å²) in [5, 5.41) is 4.42. The molecule has 0 aromatic heterocycles. The van der Waals surface area contributed by atoms with Crippen LogP contribution in [0.15, 0.2) is 114 Å². The Kier molecular flexibility index (Phi) is 4.48. The normalized spacial score (nSPS) is 16.9. The summed E-state index contributed by atoms with van der Waals surface area (Å²) < 4.78 is 0. The first kappa shape index (κ1) is 16.8. The van der Waals surface area contributed by atoms with E-state index in [1.54, 1.807) is 0 Å². The van der Waals surface area contributed by atoms with Crippen molar-refractivity contribution in [3.63, 3.8) is 0 Å². The van der Waals surface area contributed by atoms with Crippen LogP contribution in [-0.4, -0.2) is 8.07 Å². The Hall–Kier alpha value is -2.64. The Balaban J connectivity index is 2.10. The highest BCUT2D eigenvalue weighted by atomic mass is 28.3. The first-order valence-corrected chi connectivity index (χ1v) is 11.3. The second-order valence-corrected chi connectivity index (χ2v) is 11.1. The second-order valence-electron chi connectivity index (χ2n) is 7.11. The molecule has 0 N–H and O–H groups in total. The number of rotatable bonds is 4. The van der Waals surface area contributed by atoms with Gasteiger partial charge >= 0.3 is 0 Å². The summed E-state index contributed by atoms with van der Waals surface area (Å²) in [6.07, 6.45) is 4.76. The van der Waals surface area contributed by atoms with E-state index in [-0.39, 0.29) is 0 Å². The van der Waals surface area contributed by atoms with Gasteiger partial charge in [0.1, 0.15) is 0 Å². The van der Waals surface area contributed by atoms with E-state index >= 15 is 0 Å². The standard InChI is InChI=1S/C25H24Si/c1-20-18-19-25(21(20)2)26(22-12-6-3-7-13-22,23-14-8-4-9-15-23)24-16-10-5-11-17-24/h3-19,25H,1-2H3. The third-order valence-electron chi connectivity index (χ3n) is 5.78. The molecule has 0 spiro atoms. The Morgan fingerprint density at radius 1 is 0.577 bits per heavy atom. The summed E-state index contributed by atoms with van der Waals surface area (Å²) in [5.41, 5.74) is 3.36. The molecule has 1 aliphatic carbocycles. The zero-order valence-electron chi connectivity index (χ0n) is 15.4. The van der Waals surface area contributed by atoms with Gasteiger partial charge in [0.05, 0.1) is 0 Å². The van der Waals surface area contributed by atoms with Crippen molar-refractivity contribution in [2.75, 3.05) is 0 Å². The van der Waals surface area contributed by atoms with Crippen molar-refractivity contribution in [3.8, 4) is 0 Å². The molecule has 0 fully saturated rings. The fraction of sp³-hybridized carbons (Fsp3) is 0.120. The molecule has 0 saturated heterocycles. The molecule has 1 heteroatoms. The van der Waals surface area contributed by atoms with Gasteiger partial charge in [0.25, 0.3) is 0 Å². The molecule has 1 atom stereocenters. The number of hydrogen-bond donors (Lipinski definition) is 0. The van der Waals surface area contributed by atoms with E-state index in [9.17, 15) is 0 Å². The summed E-state index contributed by atoms with van der Waals surface area (Å²) in [6, 6.07) is 33.5. The summed E-state index contributed by atoms with van der Waals surface area (Å²) in [6.45, 7) is 4.56. The van der Waals surface area contributed by atoms with E-state index in [4.69, 9.17) is 0 Å². The lowest BCUT2D eigenvalue weighted by Gasteiger charge is -2.39. The van der Waals surface area contributed by atoms with E-state index in [1.165, 1.54) is 26.7 Å². The molecule has 1 unspecified atom stereocenters. The average Bonchev–Trinajstić information content (AvgIpc) is 3.04. The van der Waals surface area contributed by atoms with Crippen LogP contribution in [-0.2, 0) is 0 Å². The van der Waals surface area contributed by atoms with Crippen LogP contribution < -0.4 is 15.6 Å². The Labute approximate surface area is 157 Å². The van der Waals surface area contributed by atoms with E-state index in [0.29, 0.717) is 5.54 Å². The third kappa shape index (κ3) is 2.60. The van der Waals surface area contributed by atoms with Crippen molar-refractivity contribution >= 4 is 23.6 Å². The van der Waals surface area contributed by atoms with Gasteiger partial charge in [-0.15, -0.1) is 0 Å². The second kappa shape index (κ2) is 6.93. The molecule has 0 heterocycles. The summed E-state index contributed by atoms with van der Waals surface area (Å²) in [5.74, 6) is 0. The maximum absolute atomic E-state index is 2.45. The van der Waals surface area contributed by atoms with Gasteiger partial charge < -0.3 is 0 Å². The molecule has 0 bridgehead atoms. The van der Waals surface area contributed by atoms with Crippen molar-refractivity contribution in [3.05, 3.63) is 114 Å².